The fraction of sp³-hybridized carbons (Fsp3) is 0.562. The van der Waals surface area contributed by atoms with Crippen molar-refractivity contribution < 1.29 is 27.5 Å². The number of aromatic nitrogens is 1. The minimum Gasteiger partial charge on any atom is -0.480 e. The molecular formula is C16H22N2O6S. The molecule has 1 aliphatic heterocycles. The first kappa shape index (κ1) is 19.2. The van der Waals surface area contributed by atoms with Gasteiger partial charge in [0.15, 0.2) is 15.9 Å². The molecule has 0 aliphatic carbocycles. The quantitative estimate of drug-likeness (QED) is 0.678. The molecule has 0 saturated carbocycles. The Morgan fingerprint density at radius 3 is 2.72 bits per heavy atom. The van der Waals surface area contributed by atoms with E-state index in [0.29, 0.717) is 13.0 Å². The molecule has 1 fully saturated rings. The van der Waals surface area contributed by atoms with Gasteiger partial charge < -0.3 is 14.4 Å². The summed E-state index contributed by atoms with van der Waals surface area (Å²) >= 11 is 0. The Bertz CT molecular complexity index is 749. The third kappa shape index (κ3) is 4.47. The first-order valence-corrected chi connectivity index (χ1v) is 9.82. The lowest BCUT2D eigenvalue weighted by Gasteiger charge is -2.29. The minimum atomic E-state index is -3.11. The molecule has 25 heavy (non-hydrogen) atoms. The standard InChI is InChI=1S/C16H22N2O6S/c1-4-18(12-7-9-25(21,22)10-12)15(19)11(2)24-16(20)13-6-5-8-17-14(13)23-3/h5-6,8,11-12H,4,7,9-10H2,1-3H3. The number of sulfone groups is 1. The van der Waals surface area contributed by atoms with Gasteiger partial charge in [0.05, 0.1) is 18.6 Å². The van der Waals surface area contributed by atoms with Gasteiger partial charge in [-0.15, -0.1) is 0 Å². The third-order valence-corrected chi connectivity index (χ3v) is 5.84. The van der Waals surface area contributed by atoms with Crippen molar-refractivity contribution in [3.8, 4) is 5.88 Å². The lowest BCUT2D eigenvalue weighted by Crippen LogP contribution is -2.46. The van der Waals surface area contributed by atoms with E-state index in [9.17, 15) is 18.0 Å². The second kappa shape index (κ2) is 7.81. The number of hydrogen-bond donors (Lipinski definition) is 0. The molecule has 1 aromatic heterocycles. The molecule has 1 aliphatic rings. The number of carbonyl (C=O) groups is 2. The van der Waals surface area contributed by atoms with Crippen LogP contribution in [0.15, 0.2) is 18.3 Å². The maximum Gasteiger partial charge on any atom is 0.344 e. The summed E-state index contributed by atoms with van der Waals surface area (Å²) in [7, 11) is -1.73. The molecule has 0 aromatic carbocycles. The van der Waals surface area contributed by atoms with Crippen molar-refractivity contribution >= 4 is 21.7 Å². The molecule has 2 heterocycles. The van der Waals surface area contributed by atoms with Gasteiger partial charge in [-0.2, -0.15) is 0 Å². The van der Waals surface area contributed by atoms with Crippen LogP contribution in [0.4, 0.5) is 0 Å². The van der Waals surface area contributed by atoms with Crippen LogP contribution < -0.4 is 4.74 Å². The molecule has 0 N–H and O–H groups in total. The van der Waals surface area contributed by atoms with Crippen LogP contribution in [0.5, 0.6) is 5.88 Å². The highest BCUT2D eigenvalue weighted by Gasteiger charge is 2.36. The topological polar surface area (TPSA) is 103 Å². The average molecular weight is 370 g/mol. The second-order valence-electron chi connectivity index (χ2n) is 5.79. The van der Waals surface area contributed by atoms with Gasteiger partial charge in [0.25, 0.3) is 5.91 Å². The maximum absolute atomic E-state index is 12.6. The zero-order valence-electron chi connectivity index (χ0n) is 14.5. The van der Waals surface area contributed by atoms with E-state index in [1.807, 2.05) is 0 Å². The van der Waals surface area contributed by atoms with Crippen molar-refractivity contribution in [1.29, 1.82) is 0 Å². The van der Waals surface area contributed by atoms with E-state index >= 15 is 0 Å². The predicted octanol–water partition coefficient (Wildman–Crippen LogP) is 0.671. The van der Waals surface area contributed by atoms with E-state index in [-0.39, 0.29) is 29.0 Å². The SMILES string of the molecule is CCN(C(=O)C(C)OC(=O)c1cccnc1OC)C1CCS(=O)(=O)C1. The number of nitrogens with zero attached hydrogens (tertiary/aromatic N) is 2. The van der Waals surface area contributed by atoms with Crippen LogP contribution in [-0.2, 0) is 19.4 Å². The molecular weight excluding hydrogens is 348 g/mol. The van der Waals surface area contributed by atoms with Gasteiger partial charge in [0.2, 0.25) is 5.88 Å². The molecule has 0 spiro atoms. The highest BCUT2D eigenvalue weighted by molar-refractivity contribution is 7.91. The van der Waals surface area contributed by atoms with Crippen molar-refractivity contribution in [3.05, 3.63) is 23.9 Å². The molecule has 9 heteroatoms. The van der Waals surface area contributed by atoms with Gasteiger partial charge in [-0.3, -0.25) is 4.79 Å². The number of hydrogen-bond acceptors (Lipinski definition) is 7. The summed E-state index contributed by atoms with van der Waals surface area (Å²) in [5, 5.41) is 0. The monoisotopic (exact) mass is 370 g/mol. The van der Waals surface area contributed by atoms with E-state index in [0.717, 1.165) is 0 Å². The summed E-state index contributed by atoms with van der Waals surface area (Å²) in [6.45, 7) is 3.58. The van der Waals surface area contributed by atoms with Crippen LogP contribution in [0.1, 0.15) is 30.6 Å². The predicted molar refractivity (Wildman–Crippen MR) is 90.1 cm³/mol. The molecule has 2 rings (SSSR count). The maximum atomic E-state index is 12.6. The van der Waals surface area contributed by atoms with Gasteiger partial charge in [-0.05, 0) is 32.4 Å². The van der Waals surface area contributed by atoms with Crippen molar-refractivity contribution in [2.24, 2.45) is 0 Å². The Hall–Kier alpha value is -2.16. The number of methoxy groups -OCH3 is 1. The minimum absolute atomic E-state index is 0.0519. The van der Waals surface area contributed by atoms with E-state index in [1.165, 1.54) is 31.2 Å². The summed E-state index contributed by atoms with van der Waals surface area (Å²) in [6.07, 6.45) is 0.836. The van der Waals surface area contributed by atoms with Crippen molar-refractivity contribution in [3.63, 3.8) is 0 Å². The van der Waals surface area contributed by atoms with Gasteiger partial charge in [0.1, 0.15) is 5.56 Å². The van der Waals surface area contributed by atoms with Crippen molar-refractivity contribution in [2.45, 2.75) is 32.4 Å². The Kier molecular flexibility index (Phi) is 5.99. The van der Waals surface area contributed by atoms with E-state index in [4.69, 9.17) is 9.47 Å². The van der Waals surface area contributed by atoms with E-state index < -0.39 is 27.8 Å². The van der Waals surface area contributed by atoms with Gasteiger partial charge in [-0.1, -0.05) is 0 Å². The number of esters is 1. The van der Waals surface area contributed by atoms with E-state index in [1.54, 1.807) is 13.0 Å². The molecule has 2 atom stereocenters. The molecule has 8 nitrogen and oxygen atoms in total. The fourth-order valence-electron chi connectivity index (χ4n) is 2.83. The molecule has 1 saturated heterocycles. The zero-order valence-corrected chi connectivity index (χ0v) is 15.3. The normalized spacial score (nSPS) is 19.9. The Morgan fingerprint density at radius 2 is 2.16 bits per heavy atom. The lowest BCUT2D eigenvalue weighted by molar-refractivity contribution is -0.141. The highest BCUT2D eigenvalue weighted by Crippen LogP contribution is 2.20. The van der Waals surface area contributed by atoms with Crippen LogP contribution in [0, 0.1) is 0 Å². The zero-order chi connectivity index (χ0) is 18.6. The van der Waals surface area contributed by atoms with Gasteiger partial charge in [0, 0.05) is 18.8 Å². The van der Waals surface area contributed by atoms with E-state index in [2.05, 4.69) is 4.98 Å². The van der Waals surface area contributed by atoms with Gasteiger partial charge in [-0.25, -0.2) is 18.2 Å². The molecule has 2 unspecified atom stereocenters. The number of likely N-dealkylation sites (N-methyl/N-ethyl adjacent to an activating group) is 1. The van der Waals surface area contributed by atoms with Gasteiger partial charge >= 0.3 is 5.97 Å². The molecule has 0 radical (unpaired) electrons. The second-order valence-corrected chi connectivity index (χ2v) is 8.02. The number of pyridine rings is 1. The van der Waals surface area contributed by atoms with Crippen LogP contribution in [0.2, 0.25) is 0 Å². The first-order valence-electron chi connectivity index (χ1n) is 8.00. The third-order valence-electron chi connectivity index (χ3n) is 4.09. The van der Waals surface area contributed by atoms with Crippen LogP contribution in [0.3, 0.4) is 0 Å². The fourth-order valence-corrected chi connectivity index (χ4v) is 4.56. The summed E-state index contributed by atoms with van der Waals surface area (Å²) in [5.74, 6) is -1.00. The summed E-state index contributed by atoms with van der Waals surface area (Å²) in [6, 6.07) is 2.68. The number of carbonyl (C=O) groups excluding carboxylic acids is 2. The van der Waals surface area contributed by atoms with Crippen molar-refractivity contribution in [1.82, 2.24) is 9.88 Å². The molecule has 1 aromatic rings. The van der Waals surface area contributed by atoms with Crippen LogP contribution >= 0.6 is 0 Å². The molecule has 0 bridgehead atoms. The number of rotatable bonds is 6. The lowest BCUT2D eigenvalue weighted by atomic mass is 10.2. The average Bonchev–Trinajstić information content (AvgIpc) is 2.94. The summed E-state index contributed by atoms with van der Waals surface area (Å²) < 4.78 is 33.5. The summed E-state index contributed by atoms with van der Waals surface area (Å²) in [5.41, 5.74) is 0.121. The molecule has 138 valence electrons. The number of ether oxygens (including phenoxy) is 2. The van der Waals surface area contributed by atoms with Crippen LogP contribution in [0.25, 0.3) is 0 Å². The first-order chi connectivity index (χ1) is 11.8. The Balaban J connectivity index is 2.07. The molecule has 1 amide bonds. The highest BCUT2D eigenvalue weighted by atomic mass is 32.2. The Morgan fingerprint density at radius 1 is 1.44 bits per heavy atom. The Labute approximate surface area is 147 Å². The smallest absolute Gasteiger partial charge is 0.344 e. The largest absolute Gasteiger partial charge is 0.480 e. The van der Waals surface area contributed by atoms with Crippen molar-refractivity contribution in [2.75, 3.05) is 25.2 Å². The number of amides is 1. The summed E-state index contributed by atoms with van der Waals surface area (Å²) in [4.78, 5) is 30.2. The van der Waals surface area contributed by atoms with Crippen LogP contribution in [-0.4, -0.2) is 67.5 Å².